The monoisotopic (exact) mass is 274 g/mol. The van der Waals surface area contributed by atoms with E-state index in [1.807, 2.05) is 23.7 Å². The molecule has 100 valence electrons. The summed E-state index contributed by atoms with van der Waals surface area (Å²) in [5.74, 6) is 0.978. The van der Waals surface area contributed by atoms with E-state index in [2.05, 4.69) is 22.4 Å². The first kappa shape index (κ1) is 12.5. The maximum Gasteiger partial charge on any atom is 0.119 e. The Hall–Kier alpha value is -1.55. The van der Waals surface area contributed by atoms with Crippen LogP contribution in [0.15, 0.2) is 35.8 Å². The Morgan fingerprint density at radius 3 is 2.68 bits per heavy atom. The van der Waals surface area contributed by atoms with Gasteiger partial charge in [-0.1, -0.05) is 0 Å². The summed E-state index contributed by atoms with van der Waals surface area (Å²) < 4.78 is 5.94. The van der Waals surface area contributed by atoms with Crippen LogP contribution >= 0.6 is 11.3 Å². The summed E-state index contributed by atoms with van der Waals surface area (Å²) in [6.07, 6.45) is 7.26. The van der Waals surface area contributed by atoms with Gasteiger partial charge in [-0.2, -0.15) is 0 Å². The molecule has 1 aliphatic carbocycles. The van der Waals surface area contributed by atoms with Crippen molar-refractivity contribution < 1.29 is 4.74 Å². The highest BCUT2D eigenvalue weighted by Crippen LogP contribution is 2.25. The first-order chi connectivity index (χ1) is 9.40. The number of benzene rings is 1. The molecular weight excluding hydrogens is 256 g/mol. The van der Waals surface area contributed by atoms with Crippen LogP contribution < -0.4 is 10.1 Å². The minimum Gasteiger partial charge on any atom is -0.490 e. The molecule has 1 aromatic heterocycles. The van der Waals surface area contributed by atoms with Crippen molar-refractivity contribution in [1.29, 1.82) is 0 Å². The SMILES string of the molecule is c1csc(CNc2ccc(OC3CCCC3)cc2)n1. The standard InChI is InChI=1S/C15H18N2OS/c1-2-4-13(3-1)18-14-7-5-12(6-8-14)17-11-15-16-9-10-19-15/h5-10,13,17H,1-4,11H2. The van der Waals surface area contributed by atoms with Gasteiger partial charge in [-0.05, 0) is 49.9 Å². The fraction of sp³-hybridized carbons (Fsp3) is 0.400. The predicted molar refractivity (Wildman–Crippen MR) is 78.8 cm³/mol. The van der Waals surface area contributed by atoms with Crippen molar-refractivity contribution in [2.45, 2.75) is 38.3 Å². The van der Waals surface area contributed by atoms with Crippen LogP contribution in [0.4, 0.5) is 5.69 Å². The molecule has 1 N–H and O–H groups in total. The lowest BCUT2D eigenvalue weighted by atomic mass is 10.2. The van der Waals surface area contributed by atoms with E-state index in [4.69, 9.17) is 4.74 Å². The number of thiazole rings is 1. The van der Waals surface area contributed by atoms with Crippen molar-refractivity contribution in [2.75, 3.05) is 5.32 Å². The van der Waals surface area contributed by atoms with E-state index in [0.717, 1.165) is 23.0 Å². The van der Waals surface area contributed by atoms with Gasteiger partial charge >= 0.3 is 0 Å². The lowest BCUT2D eigenvalue weighted by molar-refractivity contribution is 0.210. The normalized spacial score (nSPS) is 15.6. The highest BCUT2D eigenvalue weighted by Gasteiger charge is 2.16. The van der Waals surface area contributed by atoms with Crippen LogP contribution in [0.5, 0.6) is 5.75 Å². The molecule has 0 spiro atoms. The molecule has 0 radical (unpaired) electrons. The molecule has 3 nitrogen and oxygen atoms in total. The molecule has 4 heteroatoms. The van der Waals surface area contributed by atoms with Crippen LogP contribution in [0.25, 0.3) is 0 Å². The molecular formula is C15H18N2OS. The van der Waals surface area contributed by atoms with Gasteiger partial charge in [0.05, 0.1) is 12.6 Å². The molecule has 2 aromatic rings. The highest BCUT2D eigenvalue weighted by molar-refractivity contribution is 7.09. The first-order valence-electron chi connectivity index (χ1n) is 6.79. The smallest absolute Gasteiger partial charge is 0.119 e. The minimum atomic E-state index is 0.425. The second-order valence-corrected chi connectivity index (χ2v) is 5.81. The second kappa shape index (κ2) is 6.06. The number of ether oxygens (including phenoxy) is 1. The third kappa shape index (κ3) is 3.47. The van der Waals surface area contributed by atoms with Gasteiger partial charge in [0.1, 0.15) is 10.8 Å². The minimum absolute atomic E-state index is 0.425. The van der Waals surface area contributed by atoms with E-state index < -0.39 is 0 Å². The van der Waals surface area contributed by atoms with E-state index in [1.165, 1.54) is 25.7 Å². The molecule has 3 rings (SSSR count). The van der Waals surface area contributed by atoms with E-state index in [0.29, 0.717) is 6.10 Å². The van der Waals surface area contributed by atoms with Gasteiger partial charge in [0.2, 0.25) is 0 Å². The number of nitrogens with zero attached hydrogens (tertiary/aromatic N) is 1. The van der Waals surface area contributed by atoms with Crippen LogP contribution in [0.1, 0.15) is 30.7 Å². The Labute approximate surface area is 117 Å². The zero-order valence-electron chi connectivity index (χ0n) is 10.8. The number of hydrogen-bond acceptors (Lipinski definition) is 4. The zero-order valence-corrected chi connectivity index (χ0v) is 11.7. The van der Waals surface area contributed by atoms with Crippen molar-refractivity contribution in [2.24, 2.45) is 0 Å². The van der Waals surface area contributed by atoms with Crippen LogP contribution in [0.3, 0.4) is 0 Å². The average molecular weight is 274 g/mol. The number of rotatable bonds is 5. The number of nitrogens with one attached hydrogen (secondary N) is 1. The predicted octanol–water partition coefficient (Wildman–Crippen LogP) is 4.08. The van der Waals surface area contributed by atoms with Crippen molar-refractivity contribution in [3.8, 4) is 5.75 Å². The van der Waals surface area contributed by atoms with Gasteiger partial charge in [-0.15, -0.1) is 11.3 Å². The van der Waals surface area contributed by atoms with Crippen molar-refractivity contribution >= 4 is 17.0 Å². The third-order valence-corrected chi connectivity index (χ3v) is 4.17. The number of hydrogen-bond donors (Lipinski definition) is 1. The van der Waals surface area contributed by atoms with Crippen LogP contribution in [-0.2, 0) is 6.54 Å². The maximum atomic E-state index is 5.94. The summed E-state index contributed by atoms with van der Waals surface area (Å²) in [6, 6.07) is 8.22. The van der Waals surface area contributed by atoms with Gasteiger partial charge in [0.15, 0.2) is 0 Å². The molecule has 0 unspecified atom stereocenters. The van der Waals surface area contributed by atoms with Crippen molar-refractivity contribution in [1.82, 2.24) is 4.98 Å². The lowest BCUT2D eigenvalue weighted by Gasteiger charge is -2.13. The summed E-state index contributed by atoms with van der Waals surface area (Å²) in [6.45, 7) is 0.778. The summed E-state index contributed by atoms with van der Waals surface area (Å²) >= 11 is 1.67. The summed E-state index contributed by atoms with van der Waals surface area (Å²) in [7, 11) is 0. The van der Waals surface area contributed by atoms with E-state index in [-0.39, 0.29) is 0 Å². The van der Waals surface area contributed by atoms with Crippen molar-refractivity contribution in [3.05, 3.63) is 40.8 Å². The van der Waals surface area contributed by atoms with Crippen molar-refractivity contribution in [3.63, 3.8) is 0 Å². The highest BCUT2D eigenvalue weighted by atomic mass is 32.1. The fourth-order valence-electron chi connectivity index (χ4n) is 2.37. The Morgan fingerprint density at radius 1 is 1.21 bits per heavy atom. The molecule has 1 saturated carbocycles. The molecule has 19 heavy (non-hydrogen) atoms. The molecule has 1 heterocycles. The number of aromatic nitrogens is 1. The van der Waals surface area contributed by atoms with Gasteiger partial charge in [0.25, 0.3) is 0 Å². The molecule has 1 aromatic carbocycles. The van der Waals surface area contributed by atoms with E-state index >= 15 is 0 Å². The topological polar surface area (TPSA) is 34.1 Å². The largest absolute Gasteiger partial charge is 0.490 e. The quantitative estimate of drug-likeness (QED) is 0.892. The molecule has 0 saturated heterocycles. The molecule has 0 atom stereocenters. The van der Waals surface area contributed by atoms with Crippen LogP contribution in [0, 0.1) is 0 Å². The molecule has 0 bridgehead atoms. The summed E-state index contributed by atoms with van der Waals surface area (Å²) in [5, 5.41) is 6.46. The molecule has 0 aliphatic heterocycles. The fourth-order valence-corrected chi connectivity index (χ4v) is 2.92. The third-order valence-electron chi connectivity index (χ3n) is 3.39. The summed E-state index contributed by atoms with van der Waals surface area (Å²) in [5.41, 5.74) is 1.11. The Balaban J connectivity index is 1.53. The molecule has 1 fully saturated rings. The lowest BCUT2D eigenvalue weighted by Crippen LogP contribution is -2.10. The Kier molecular flexibility index (Phi) is 3.98. The molecule has 1 aliphatic rings. The Bertz CT molecular complexity index is 489. The van der Waals surface area contributed by atoms with Gasteiger partial charge < -0.3 is 10.1 Å². The Morgan fingerprint density at radius 2 is 2.00 bits per heavy atom. The maximum absolute atomic E-state index is 5.94. The summed E-state index contributed by atoms with van der Waals surface area (Å²) in [4.78, 5) is 4.25. The number of anilines is 1. The van der Waals surface area contributed by atoms with E-state index in [9.17, 15) is 0 Å². The van der Waals surface area contributed by atoms with E-state index in [1.54, 1.807) is 11.3 Å². The van der Waals surface area contributed by atoms with Crippen LogP contribution in [-0.4, -0.2) is 11.1 Å². The van der Waals surface area contributed by atoms with Gasteiger partial charge in [0, 0.05) is 17.3 Å². The molecule has 0 amide bonds. The van der Waals surface area contributed by atoms with Crippen LogP contribution in [0.2, 0.25) is 0 Å². The second-order valence-electron chi connectivity index (χ2n) is 4.83. The zero-order chi connectivity index (χ0) is 12.9. The average Bonchev–Trinajstić information content (AvgIpc) is 3.11. The first-order valence-corrected chi connectivity index (χ1v) is 7.67. The van der Waals surface area contributed by atoms with Gasteiger partial charge in [-0.3, -0.25) is 0 Å². The van der Waals surface area contributed by atoms with Gasteiger partial charge in [-0.25, -0.2) is 4.98 Å².